The first-order valence-corrected chi connectivity index (χ1v) is 9.14. The third kappa shape index (κ3) is 4.25. The Labute approximate surface area is 152 Å². The molecule has 1 fully saturated rings. The summed E-state index contributed by atoms with van der Waals surface area (Å²) in [6.07, 6.45) is 4.84. The molecule has 4 rings (SSSR count). The standard InChI is InChI=1S/C20H23N3O3/c24-20(15-7-8-19(23-12-15)22-11-14-5-6-14)21-10-9-16-13-25-17-3-1-2-4-18(17)26-16/h1-4,7-8,12,14,16H,5-6,9-11,13H2,(H,21,24)(H,22,23)/t16-/m0/s1. The van der Waals surface area contributed by atoms with E-state index in [-0.39, 0.29) is 12.0 Å². The molecule has 2 aromatic rings. The van der Waals surface area contributed by atoms with E-state index in [1.807, 2.05) is 30.3 Å². The first-order chi connectivity index (χ1) is 12.8. The summed E-state index contributed by atoms with van der Waals surface area (Å²) in [6.45, 7) is 1.98. The maximum Gasteiger partial charge on any atom is 0.252 e. The van der Waals surface area contributed by atoms with E-state index < -0.39 is 0 Å². The average molecular weight is 353 g/mol. The van der Waals surface area contributed by atoms with Gasteiger partial charge in [-0.3, -0.25) is 4.79 Å². The van der Waals surface area contributed by atoms with Crippen LogP contribution in [0.25, 0.3) is 0 Å². The Morgan fingerprint density at radius 3 is 2.77 bits per heavy atom. The van der Waals surface area contributed by atoms with E-state index in [9.17, 15) is 4.79 Å². The average Bonchev–Trinajstić information content (AvgIpc) is 3.51. The normalized spacial score (nSPS) is 18.2. The van der Waals surface area contributed by atoms with Crippen LogP contribution >= 0.6 is 0 Å². The number of nitrogens with zero attached hydrogens (tertiary/aromatic N) is 1. The van der Waals surface area contributed by atoms with E-state index in [1.165, 1.54) is 12.8 Å². The van der Waals surface area contributed by atoms with Gasteiger partial charge in [-0.1, -0.05) is 12.1 Å². The molecule has 1 atom stereocenters. The largest absolute Gasteiger partial charge is 0.486 e. The fraction of sp³-hybridized carbons (Fsp3) is 0.400. The second-order valence-corrected chi connectivity index (χ2v) is 6.80. The molecule has 1 amide bonds. The van der Waals surface area contributed by atoms with Crippen molar-refractivity contribution < 1.29 is 14.3 Å². The molecule has 0 bridgehead atoms. The fourth-order valence-electron chi connectivity index (χ4n) is 2.86. The molecule has 2 N–H and O–H groups in total. The Morgan fingerprint density at radius 2 is 2.00 bits per heavy atom. The van der Waals surface area contributed by atoms with E-state index in [1.54, 1.807) is 12.3 Å². The number of ether oxygens (including phenoxy) is 2. The van der Waals surface area contributed by atoms with Gasteiger partial charge in [0.2, 0.25) is 0 Å². The minimum Gasteiger partial charge on any atom is -0.486 e. The highest BCUT2D eigenvalue weighted by Crippen LogP contribution is 2.31. The minimum atomic E-state index is -0.122. The van der Waals surface area contributed by atoms with E-state index >= 15 is 0 Å². The summed E-state index contributed by atoms with van der Waals surface area (Å²) >= 11 is 0. The molecule has 1 saturated carbocycles. The summed E-state index contributed by atoms with van der Waals surface area (Å²) in [4.78, 5) is 16.5. The van der Waals surface area contributed by atoms with Crippen molar-refractivity contribution in [2.75, 3.05) is 25.0 Å². The quantitative estimate of drug-likeness (QED) is 0.801. The van der Waals surface area contributed by atoms with Crippen molar-refractivity contribution in [2.45, 2.75) is 25.4 Å². The lowest BCUT2D eigenvalue weighted by atomic mass is 10.2. The van der Waals surface area contributed by atoms with Gasteiger partial charge < -0.3 is 20.1 Å². The molecule has 136 valence electrons. The third-order valence-electron chi connectivity index (χ3n) is 4.61. The van der Waals surface area contributed by atoms with Gasteiger partial charge >= 0.3 is 0 Å². The molecule has 2 heterocycles. The topological polar surface area (TPSA) is 72.5 Å². The summed E-state index contributed by atoms with van der Waals surface area (Å²) in [5, 5.41) is 6.21. The van der Waals surface area contributed by atoms with Crippen LogP contribution in [0.4, 0.5) is 5.82 Å². The van der Waals surface area contributed by atoms with Gasteiger partial charge in [0.1, 0.15) is 18.5 Å². The molecule has 2 aliphatic rings. The number of fused-ring (bicyclic) bond motifs is 1. The van der Waals surface area contributed by atoms with Gasteiger partial charge in [0.25, 0.3) is 5.91 Å². The first-order valence-electron chi connectivity index (χ1n) is 9.14. The zero-order valence-corrected chi connectivity index (χ0v) is 14.6. The van der Waals surface area contributed by atoms with Gasteiger partial charge in [0.15, 0.2) is 11.5 Å². The number of benzene rings is 1. The van der Waals surface area contributed by atoms with E-state index in [4.69, 9.17) is 9.47 Å². The summed E-state index contributed by atoms with van der Waals surface area (Å²) in [5.41, 5.74) is 0.563. The minimum absolute atomic E-state index is 0.0580. The number of rotatable bonds is 7. The smallest absolute Gasteiger partial charge is 0.252 e. The molecule has 6 heteroatoms. The number of pyridine rings is 1. The monoisotopic (exact) mass is 353 g/mol. The lowest BCUT2D eigenvalue weighted by molar-refractivity contribution is 0.0812. The molecular formula is C20H23N3O3. The van der Waals surface area contributed by atoms with Gasteiger partial charge in [-0.05, 0) is 43.0 Å². The Bertz CT molecular complexity index is 759. The number of nitrogens with one attached hydrogen (secondary N) is 2. The Hall–Kier alpha value is -2.76. The molecule has 26 heavy (non-hydrogen) atoms. The van der Waals surface area contributed by atoms with Crippen LogP contribution in [0.1, 0.15) is 29.6 Å². The lowest BCUT2D eigenvalue weighted by Gasteiger charge is -2.26. The molecular weight excluding hydrogens is 330 g/mol. The second kappa shape index (κ2) is 7.64. The fourth-order valence-corrected chi connectivity index (χ4v) is 2.86. The van der Waals surface area contributed by atoms with Gasteiger partial charge in [-0.25, -0.2) is 4.98 Å². The van der Waals surface area contributed by atoms with Crippen molar-refractivity contribution in [2.24, 2.45) is 5.92 Å². The number of hydrogen-bond donors (Lipinski definition) is 2. The predicted molar refractivity (Wildman–Crippen MR) is 98.8 cm³/mol. The third-order valence-corrected chi connectivity index (χ3v) is 4.61. The van der Waals surface area contributed by atoms with Crippen LogP contribution in [0.3, 0.4) is 0 Å². The van der Waals surface area contributed by atoms with Gasteiger partial charge in [-0.15, -0.1) is 0 Å². The van der Waals surface area contributed by atoms with E-state index in [2.05, 4.69) is 15.6 Å². The molecule has 6 nitrogen and oxygen atoms in total. The number of carbonyl (C=O) groups excluding carboxylic acids is 1. The van der Waals surface area contributed by atoms with Crippen LogP contribution in [0.2, 0.25) is 0 Å². The van der Waals surface area contributed by atoms with Gasteiger partial charge in [0.05, 0.1) is 5.56 Å². The number of carbonyl (C=O) groups is 1. The molecule has 0 radical (unpaired) electrons. The highest BCUT2D eigenvalue weighted by molar-refractivity contribution is 5.94. The highest BCUT2D eigenvalue weighted by Gasteiger charge is 2.21. The number of anilines is 1. The number of para-hydroxylation sites is 2. The summed E-state index contributed by atoms with van der Waals surface area (Å²) in [7, 11) is 0. The Balaban J connectivity index is 1.21. The SMILES string of the molecule is O=C(NCC[C@H]1COc2ccccc2O1)c1ccc(NCC2CC2)nc1. The van der Waals surface area contributed by atoms with Crippen molar-refractivity contribution >= 4 is 11.7 Å². The summed E-state index contributed by atoms with van der Waals surface area (Å²) in [5.74, 6) is 3.02. The summed E-state index contributed by atoms with van der Waals surface area (Å²) in [6, 6.07) is 11.3. The molecule has 1 aromatic heterocycles. The Morgan fingerprint density at radius 1 is 1.15 bits per heavy atom. The molecule has 0 unspecified atom stereocenters. The van der Waals surface area contributed by atoms with Crippen LogP contribution < -0.4 is 20.1 Å². The number of amides is 1. The zero-order chi connectivity index (χ0) is 17.8. The van der Waals surface area contributed by atoms with Crippen LogP contribution in [-0.2, 0) is 0 Å². The predicted octanol–water partition coefficient (Wildman–Crippen LogP) is 2.86. The molecule has 1 aliphatic carbocycles. The molecule has 1 aromatic carbocycles. The maximum atomic E-state index is 12.2. The second-order valence-electron chi connectivity index (χ2n) is 6.80. The van der Waals surface area contributed by atoms with Crippen molar-refractivity contribution in [3.63, 3.8) is 0 Å². The molecule has 0 spiro atoms. The number of hydrogen-bond acceptors (Lipinski definition) is 5. The van der Waals surface area contributed by atoms with Crippen molar-refractivity contribution in [1.29, 1.82) is 0 Å². The van der Waals surface area contributed by atoms with E-state index in [0.29, 0.717) is 25.1 Å². The number of aromatic nitrogens is 1. The van der Waals surface area contributed by atoms with E-state index in [0.717, 1.165) is 29.8 Å². The van der Waals surface area contributed by atoms with Crippen LogP contribution in [0.5, 0.6) is 11.5 Å². The van der Waals surface area contributed by atoms with Crippen LogP contribution in [0.15, 0.2) is 42.6 Å². The first kappa shape index (κ1) is 16.7. The van der Waals surface area contributed by atoms with Crippen molar-refractivity contribution in [3.8, 4) is 11.5 Å². The van der Waals surface area contributed by atoms with Crippen LogP contribution in [-0.4, -0.2) is 36.7 Å². The van der Waals surface area contributed by atoms with Gasteiger partial charge in [0, 0.05) is 25.7 Å². The van der Waals surface area contributed by atoms with Crippen LogP contribution in [0, 0.1) is 5.92 Å². The lowest BCUT2D eigenvalue weighted by Crippen LogP contribution is -2.34. The maximum absolute atomic E-state index is 12.2. The summed E-state index contributed by atoms with van der Waals surface area (Å²) < 4.78 is 11.6. The van der Waals surface area contributed by atoms with Crippen molar-refractivity contribution in [3.05, 3.63) is 48.2 Å². The van der Waals surface area contributed by atoms with Gasteiger partial charge in [-0.2, -0.15) is 0 Å². The molecule has 0 saturated heterocycles. The Kier molecular flexibility index (Phi) is 4.91. The van der Waals surface area contributed by atoms with Crippen molar-refractivity contribution in [1.82, 2.24) is 10.3 Å². The highest BCUT2D eigenvalue weighted by atomic mass is 16.6. The zero-order valence-electron chi connectivity index (χ0n) is 14.6. The molecule has 1 aliphatic heterocycles.